The van der Waals surface area contributed by atoms with E-state index >= 15 is 0 Å². The van der Waals surface area contributed by atoms with E-state index in [0.717, 1.165) is 39.0 Å². The number of nitrogens with two attached hydrogens (primary N) is 1. The summed E-state index contributed by atoms with van der Waals surface area (Å²) >= 11 is 0. The molecule has 110 valence electrons. The maximum absolute atomic E-state index is 14.1. The van der Waals surface area contributed by atoms with E-state index in [2.05, 4.69) is 0 Å². The predicted octanol–water partition coefficient (Wildman–Crippen LogP) is 2.54. The van der Waals surface area contributed by atoms with Crippen LogP contribution in [0.1, 0.15) is 52.9 Å². The lowest BCUT2D eigenvalue weighted by Crippen LogP contribution is -2.51. The Hall–Kier alpha value is -0.200. The first-order valence-electron chi connectivity index (χ1n) is 6.62. The van der Waals surface area contributed by atoms with E-state index in [4.69, 9.17) is 10.3 Å². The Morgan fingerprint density at radius 1 is 1.33 bits per heavy atom. The minimum Gasteiger partial charge on any atom is -0.325 e. The minimum absolute atomic E-state index is 0.0190. The van der Waals surface area contributed by atoms with E-state index in [1.165, 1.54) is 0 Å². The maximum Gasteiger partial charge on any atom is 0.268 e. The third-order valence-corrected chi connectivity index (χ3v) is 4.25. The summed E-state index contributed by atoms with van der Waals surface area (Å²) in [6.07, 6.45) is 4.84. The van der Waals surface area contributed by atoms with E-state index in [1.54, 1.807) is 0 Å². The molecule has 4 nitrogen and oxygen atoms in total. The molecule has 0 bridgehead atoms. The second kappa shape index (κ2) is 7.40. The smallest absolute Gasteiger partial charge is 0.268 e. The molecule has 1 fully saturated rings. The zero-order valence-corrected chi connectivity index (χ0v) is 12.3. The number of halogens is 1. The molecule has 0 aromatic carbocycles. The Labute approximate surface area is 110 Å². The van der Waals surface area contributed by atoms with Gasteiger partial charge in [0, 0.05) is 6.04 Å². The first-order valence-corrected chi connectivity index (χ1v) is 8.23. The highest BCUT2D eigenvalue weighted by atomic mass is 32.2. The van der Waals surface area contributed by atoms with Crippen LogP contribution in [0.15, 0.2) is 0 Å². The highest BCUT2D eigenvalue weighted by molar-refractivity contribution is 7.85. The molecule has 0 aliphatic heterocycles. The molecule has 0 radical (unpaired) electrons. The Morgan fingerprint density at radius 3 is 2.17 bits per heavy atom. The van der Waals surface area contributed by atoms with Gasteiger partial charge in [-0.05, 0) is 25.7 Å². The third-order valence-electron chi connectivity index (χ3n) is 3.32. The quantitative estimate of drug-likeness (QED) is 0.777. The van der Waals surface area contributed by atoms with E-state index in [0.29, 0.717) is 0 Å². The molecule has 0 aromatic heterocycles. The van der Waals surface area contributed by atoms with Crippen LogP contribution in [0.5, 0.6) is 0 Å². The molecule has 0 saturated heterocycles. The van der Waals surface area contributed by atoms with Gasteiger partial charge in [0.05, 0.1) is 0 Å². The van der Waals surface area contributed by atoms with Gasteiger partial charge in [0.1, 0.15) is 11.4 Å². The molecule has 1 aliphatic rings. The maximum atomic E-state index is 14.1. The summed E-state index contributed by atoms with van der Waals surface area (Å²) < 4.78 is 44.2. The van der Waals surface area contributed by atoms with Crippen LogP contribution in [0.25, 0.3) is 0 Å². The van der Waals surface area contributed by atoms with Crippen LogP contribution in [-0.2, 0) is 10.1 Å². The van der Waals surface area contributed by atoms with Crippen LogP contribution in [0.4, 0.5) is 4.39 Å². The summed E-state index contributed by atoms with van der Waals surface area (Å²) in [5.74, 6) is -0.900. The van der Waals surface area contributed by atoms with E-state index in [1.807, 2.05) is 13.8 Å². The Kier molecular flexibility index (Phi) is 7.32. The van der Waals surface area contributed by atoms with Gasteiger partial charge in [0.2, 0.25) is 0 Å². The lowest BCUT2D eigenvalue weighted by molar-refractivity contribution is 0.117. The Morgan fingerprint density at radius 2 is 1.78 bits per heavy atom. The lowest BCUT2D eigenvalue weighted by atomic mass is 9.79. The standard InChI is InChI=1S/C10H20FNO3S.C2H6/c1-10(11,7-16(13,14)15)9(12)8-5-3-2-4-6-8;1-2/h8-9H,2-7,12H2,1H3,(H,13,14,15);1-2H3. The molecule has 0 heterocycles. The molecular weight excluding hydrogens is 257 g/mol. The van der Waals surface area contributed by atoms with Crippen LogP contribution in [0.2, 0.25) is 0 Å². The van der Waals surface area contributed by atoms with Crippen molar-refractivity contribution in [3.05, 3.63) is 0 Å². The average Bonchev–Trinajstić information content (AvgIpc) is 2.29. The molecule has 2 atom stereocenters. The summed E-state index contributed by atoms with van der Waals surface area (Å²) in [7, 11) is -4.32. The Balaban J connectivity index is 0.00000137. The molecular formula is C12H26FNO3S. The average molecular weight is 283 g/mol. The van der Waals surface area contributed by atoms with Gasteiger partial charge in [-0.2, -0.15) is 8.42 Å². The van der Waals surface area contributed by atoms with Crippen LogP contribution in [0.3, 0.4) is 0 Å². The first kappa shape index (κ1) is 17.8. The molecule has 1 saturated carbocycles. The van der Waals surface area contributed by atoms with Gasteiger partial charge in [0.25, 0.3) is 10.1 Å². The van der Waals surface area contributed by atoms with Crippen LogP contribution >= 0.6 is 0 Å². The van der Waals surface area contributed by atoms with Crippen LogP contribution in [-0.4, -0.2) is 30.4 Å². The zero-order valence-electron chi connectivity index (χ0n) is 11.5. The van der Waals surface area contributed by atoms with Gasteiger partial charge in [-0.25, -0.2) is 4.39 Å². The number of hydrogen-bond acceptors (Lipinski definition) is 3. The fourth-order valence-electron chi connectivity index (χ4n) is 2.44. The fraction of sp³-hybridized carbons (Fsp3) is 1.00. The van der Waals surface area contributed by atoms with Crippen molar-refractivity contribution in [2.45, 2.75) is 64.6 Å². The van der Waals surface area contributed by atoms with Gasteiger partial charge in [-0.1, -0.05) is 33.1 Å². The van der Waals surface area contributed by atoms with Gasteiger partial charge in [0.15, 0.2) is 0 Å². The fourth-order valence-corrected chi connectivity index (χ4v) is 3.34. The molecule has 1 aliphatic carbocycles. The Bertz CT molecular complexity index is 324. The summed E-state index contributed by atoms with van der Waals surface area (Å²) in [6, 6.07) is -0.824. The second-order valence-electron chi connectivity index (χ2n) is 4.93. The molecule has 6 heteroatoms. The third kappa shape index (κ3) is 6.11. The topological polar surface area (TPSA) is 80.4 Å². The monoisotopic (exact) mass is 283 g/mol. The molecule has 2 unspecified atom stereocenters. The van der Waals surface area contributed by atoms with Gasteiger partial charge >= 0.3 is 0 Å². The van der Waals surface area contributed by atoms with Crippen molar-refractivity contribution in [2.75, 3.05) is 5.75 Å². The summed E-state index contributed by atoms with van der Waals surface area (Å²) in [4.78, 5) is 0. The molecule has 1 rings (SSSR count). The first-order chi connectivity index (χ1) is 8.22. The van der Waals surface area contributed by atoms with Gasteiger partial charge < -0.3 is 5.73 Å². The summed E-state index contributed by atoms with van der Waals surface area (Å²) in [5.41, 5.74) is 3.72. The molecule has 0 spiro atoms. The second-order valence-corrected chi connectivity index (χ2v) is 6.38. The molecule has 0 aromatic rings. The van der Waals surface area contributed by atoms with Crippen molar-refractivity contribution in [1.29, 1.82) is 0 Å². The van der Waals surface area contributed by atoms with E-state index < -0.39 is 27.6 Å². The summed E-state index contributed by atoms with van der Waals surface area (Å²) in [5, 5.41) is 0. The van der Waals surface area contributed by atoms with Crippen molar-refractivity contribution < 1.29 is 17.4 Å². The van der Waals surface area contributed by atoms with Crippen molar-refractivity contribution in [3.8, 4) is 0 Å². The molecule has 18 heavy (non-hydrogen) atoms. The summed E-state index contributed by atoms with van der Waals surface area (Å²) in [6.45, 7) is 5.15. The normalized spacial score (nSPS) is 22.6. The predicted molar refractivity (Wildman–Crippen MR) is 71.8 cm³/mol. The van der Waals surface area contributed by atoms with Crippen molar-refractivity contribution in [2.24, 2.45) is 11.7 Å². The van der Waals surface area contributed by atoms with Crippen molar-refractivity contribution in [3.63, 3.8) is 0 Å². The van der Waals surface area contributed by atoms with Crippen LogP contribution < -0.4 is 5.73 Å². The van der Waals surface area contributed by atoms with Crippen LogP contribution in [0, 0.1) is 5.92 Å². The van der Waals surface area contributed by atoms with E-state index in [-0.39, 0.29) is 5.92 Å². The molecule has 3 N–H and O–H groups in total. The highest BCUT2D eigenvalue weighted by Gasteiger charge is 2.40. The highest BCUT2D eigenvalue weighted by Crippen LogP contribution is 2.32. The van der Waals surface area contributed by atoms with Crippen molar-refractivity contribution >= 4 is 10.1 Å². The SMILES string of the molecule is CC.CC(F)(CS(=O)(=O)O)C(N)C1CCCCC1. The van der Waals surface area contributed by atoms with Gasteiger partial charge in [-0.15, -0.1) is 0 Å². The number of alkyl halides is 1. The zero-order chi connectivity index (χ0) is 14.4. The largest absolute Gasteiger partial charge is 0.325 e. The van der Waals surface area contributed by atoms with Crippen molar-refractivity contribution in [1.82, 2.24) is 0 Å². The molecule has 0 amide bonds. The number of hydrogen-bond donors (Lipinski definition) is 2. The number of rotatable bonds is 4. The van der Waals surface area contributed by atoms with Gasteiger partial charge in [-0.3, -0.25) is 4.55 Å². The lowest BCUT2D eigenvalue weighted by Gasteiger charge is -2.35. The minimum atomic E-state index is -4.32. The van der Waals surface area contributed by atoms with E-state index in [9.17, 15) is 12.8 Å².